The first-order valence-electron chi connectivity index (χ1n) is 13.8. The number of fused-ring (bicyclic) bond motifs is 3. The van der Waals surface area contributed by atoms with Gasteiger partial charge in [0.05, 0.1) is 51.4 Å². The van der Waals surface area contributed by atoms with Crippen molar-refractivity contribution in [3.63, 3.8) is 0 Å². The summed E-state index contributed by atoms with van der Waals surface area (Å²) in [6.45, 7) is 4.23. The van der Waals surface area contributed by atoms with E-state index in [-0.39, 0.29) is 25.0 Å². The zero-order valence-corrected chi connectivity index (χ0v) is 22.6. The van der Waals surface area contributed by atoms with Crippen LogP contribution in [0.1, 0.15) is 28.3 Å². The van der Waals surface area contributed by atoms with E-state index >= 15 is 0 Å². The maximum Gasteiger partial charge on any atom is 0.247 e. The van der Waals surface area contributed by atoms with Crippen molar-refractivity contribution >= 4 is 18.1 Å². The largest absolute Gasteiger partial charge is 0.493 e. The maximum atomic E-state index is 13.8. The summed E-state index contributed by atoms with van der Waals surface area (Å²) in [5.74, 6) is -0.977. The van der Waals surface area contributed by atoms with E-state index < -0.39 is 30.1 Å². The molecule has 40 heavy (non-hydrogen) atoms. The molecule has 1 aromatic rings. The van der Waals surface area contributed by atoms with Crippen LogP contribution in [-0.2, 0) is 19.1 Å². The number of carbonyl (C=O) groups excluding carboxylic acids is 3. The van der Waals surface area contributed by atoms with Gasteiger partial charge in [0.1, 0.15) is 18.5 Å². The third kappa shape index (κ3) is 5.59. The van der Waals surface area contributed by atoms with Crippen LogP contribution in [0.4, 0.5) is 0 Å². The molecule has 3 N–H and O–H groups in total. The van der Waals surface area contributed by atoms with Gasteiger partial charge in [-0.2, -0.15) is 0 Å². The molecule has 5 atom stereocenters. The topological polar surface area (TPSA) is 147 Å². The second-order valence-electron chi connectivity index (χ2n) is 10.4. The fraction of sp³-hybridized carbons (Fsp3) is 0.607. The number of nitrogens with zero attached hydrogens (tertiary/aromatic N) is 2. The number of nitrogens with one attached hydrogen (secondary N) is 1. The van der Waals surface area contributed by atoms with E-state index in [1.165, 1.54) is 7.11 Å². The summed E-state index contributed by atoms with van der Waals surface area (Å²) in [5.41, 5.74) is 1.18. The van der Waals surface area contributed by atoms with Crippen LogP contribution in [0.25, 0.3) is 0 Å². The van der Waals surface area contributed by atoms with Crippen molar-refractivity contribution in [2.45, 2.75) is 30.6 Å². The lowest BCUT2D eigenvalue weighted by atomic mass is 9.77. The highest BCUT2D eigenvalue weighted by Gasteiger charge is 2.52. The van der Waals surface area contributed by atoms with Crippen molar-refractivity contribution in [2.24, 2.45) is 5.92 Å². The molecule has 4 aliphatic rings. The third-order valence-corrected chi connectivity index (χ3v) is 8.09. The van der Waals surface area contributed by atoms with Crippen LogP contribution >= 0.6 is 0 Å². The molecule has 0 aromatic heterocycles. The van der Waals surface area contributed by atoms with Gasteiger partial charge < -0.3 is 39.4 Å². The van der Waals surface area contributed by atoms with Crippen LogP contribution in [0.15, 0.2) is 23.8 Å². The average molecular weight is 560 g/mol. The third-order valence-electron chi connectivity index (χ3n) is 8.09. The first-order chi connectivity index (χ1) is 19.5. The van der Waals surface area contributed by atoms with E-state index in [4.69, 9.17) is 18.9 Å². The van der Waals surface area contributed by atoms with Gasteiger partial charge >= 0.3 is 0 Å². The molecule has 12 nitrogen and oxygen atoms in total. The van der Waals surface area contributed by atoms with E-state index in [2.05, 4.69) is 10.2 Å². The Labute approximate surface area is 232 Å². The van der Waals surface area contributed by atoms with E-state index in [0.29, 0.717) is 80.4 Å². The lowest BCUT2D eigenvalue weighted by molar-refractivity contribution is -0.141. The number of morpholine rings is 1. The predicted octanol–water partition coefficient (Wildman–Crippen LogP) is -0.672. The summed E-state index contributed by atoms with van der Waals surface area (Å²) in [4.78, 5) is 42.8. The monoisotopic (exact) mass is 559 g/mol. The van der Waals surface area contributed by atoms with Gasteiger partial charge in [-0.05, 0) is 24.6 Å². The highest BCUT2D eigenvalue weighted by Crippen LogP contribution is 2.51. The van der Waals surface area contributed by atoms with E-state index in [1.807, 2.05) is 0 Å². The molecule has 2 saturated heterocycles. The molecule has 218 valence electrons. The predicted molar refractivity (Wildman–Crippen MR) is 141 cm³/mol. The van der Waals surface area contributed by atoms with Crippen molar-refractivity contribution in [3.8, 4) is 11.5 Å². The van der Waals surface area contributed by atoms with E-state index in [9.17, 15) is 24.6 Å². The van der Waals surface area contributed by atoms with Crippen molar-refractivity contribution in [1.82, 2.24) is 15.1 Å². The van der Waals surface area contributed by atoms with Gasteiger partial charge in [-0.15, -0.1) is 0 Å². The van der Waals surface area contributed by atoms with Gasteiger partial charge in [-0.25, -0.2) is 0 Å². The Morgan fingerprint density at radius 3 is 2.70 bits per heavy atom. The number of amides is 2. The molecule has 2 fully saturated rings. The zero-order valence-electron chi connectivity index (χ0n) is 22.6. The maximum absolute atomic E-state index is 13.8. The summed E-state index contributed by atoms with van der Waals surface area (Å²) in [7, 11) is 1.45. The number of hydrogen-bond acceptors (Lipinski definition) is 10. The first kappa shape index (κ1) is 28.5. The van der Waals surface area contributed by atoms with Crippen molar-refractivity contribution in [1.29, 1.82) is 0 Å². The highest BCUT2D eigenvalue weighted by atomic mass is 16.5. The SMILES string of the molecule is COc1cc(C=O)cc2c1OC1C2C(C(=O)NCCO)=CC(N(CCN2CCOCC2)C(=O)C2CCOC2)C1O. The molecule has 5 rings (SSSR count). The summed E-state index contributed by atoms with van der Waals surface area (Å²) >= 11 is 0. The Kier molecular flexibility index (Phi) is 9.01. The number of methoxy groups -OCH3 is 1. The van der Waals surface area contributed by atoms with Gasteiger partial charge in [-0.1, -0.05) is 0 Å². The normalized spacial score (nSPS) is 27.7. The molecule has 0 bridgehead atoms. The fourth-order valence-corrected chi connectivity index (χ4v) is 6.00. The molecule has 1 aliphatic carbocycles. The molecular weight excluding hydrogens is 522 g/mol. The number of ether oxygens (including phenoxy) is 4. The first-order valence-corrected chi connectivity index (χ1v) is 13.8. The van der Waals surface area contributed by atoms with Crippen LogP contribution in [-0.4, -0.2) is 129 Å². The molecule has 3 heterocycles. The van der Waals surface area contributed by atoms with E-state index in [0.717, 1.165) is 13.1 Å². The molecule has 3 aliphatic heterocycles. The second-order valence-corrected chi connectivity index (χ2v) is 10.4. The number of hydrogen-bond donors (Lipinski definition) is 3. The van der Waals surface area contributed by atoms with Gasteiger partial charge in [0, 0.05) is 56.0 Å². The second kappa shape index (κ2) is 12.6. The van der Waals surface area contributed by atoms with E-state index in [1.54, 1.807) is 23.1 Å². The Morgan fingerprint density at radius 2 is 2.02 bits per heavy atom. The summed E-state index contributed by atoms with van der Waals surface area (Å²) in [6, 6.07) is 2.32. The zero-order chi connectivity index (χ0) is 28.2. The highest BCUT2D eigenvalue weighted by molar-refractivity contribution is 5.96. The lowest BCUT2D eigenvalue weighted by Gasteiger charge is -2.42. The Balaban J connectivity index is 1.53. The number of rotatable bonds is 10. The number of carbonyl (C=O) groups is 3. The number of aliphatic hydroxyl groups is 2. The molecule has 0 saturated carbocycles. The summed E-state index contributed by atoms with van der Waals surface area (Å²) < 4.78 is 22.7. The molecule has 0 radical (unpaired) electrons. The molecular formula is C28H37N3O9. The standard InChI is InChI=1S/C28H37N3O9/c1-37-22-13-17(15-33)12-19-23-20(27(35)29-3-8-32)14-21(24(34)26(23)40-25(19)22)31(28(36)18-2-9-39-16-18)5-4-30-6-10-38-11-7-30/h12-15,18,21,23-24,26,32,34H,2-11,16H2,1H3,(H,29,35). The van der Waals surface area contributed by atoms with Crippen molar-refractivity contribution < 1.29 is 43.5 Å². The molecule has 12 heteroatoms. The fourth-order valence-electron chi connectivity index (χ4n) is 6.00. The van der Waals surface area contributed by atoms with Crippen molar-refractivity contribution in [2.75, 3.05) is 72.9 Å². The van der Waals surface area contributed by atoms with Gasteiger partial charge in [-0.3, -0.25) is 19.3 Å². The quantitative estimate of drug-likeness (QED) is 0.315. The Morgan fingerprint density at radius 1 is 1.23 bits per heavy atom. The minimum atomic E-state index is -1.17. The summed E-state index contributed by atoms with van der Waals surface area (Å²) in [6.07, 6.45) is 0.831. The van der Waals surface area contributed by atoms with Crippen molar-refractivity contribution in [3.05, 3.63) is 34.9 Å². The van der Waals surface area contributed by atoms with Gasteiger partial charge in [0.15, 0.2) is 11.5 Å². The number of aldehydes is 1. The number of benzene rings is 1. The Hall–Kier alpha value is -3.03. The van der Waals surface area contributed by atoms with Crippen LogP contribution in [0, 0.1) is 5.92 Å². The van der Waals surface area contributed by atoms with Crippen LogP contribution in [0.3, 0.4) is 0 Å². The summed E-state index contributed by atoms with van der Waals surface area (Å²) in [5, 5.41) is 23.8. The van der Waals surface area contributed by atoms with Crippen LogP contribution < -0.4 is 14.8 Å². The molecule has 5 unspecified atom stereocenters. The minimum Gasteiger partial charge on any atom is -0.493 e. The number of aliphatic hydroxyl groups excluding tert-OH is 2. The van der Waals surface area contributed by atoms with Crippen LogP contribution in [0.2, 0.25) is 0 Å². The van der Waals surface area contributed by atoms with Gasteiger partial charge in [0.25, 0.3) is 0 Å². The molecule has 2 amide bonds. The average Bonchev–Trinajstić information content (AvgIpc) is 3.66. The smallest absolute Gasteiger partial charge is 0.247 e. The Bertz CT molecular complexity index is 1130. The lowest BCUT2D eigenvalue weighted by Crippen LogP contribution is -2.58. The van der Waals surface area contributed by atoms with Crippen LogP contribution in [0.5, 0.6) is 11.5 Å². The minimum absolute atomic E-state index is 0.0330. The molecule has 0 spiro atoms. The molecule has 1 aromatic carbocycles. The van der Waals surface area contributed by atoms with Gasteiger partial charge in [0.2, 0.25) is 11.8 Å².